The number of carbonyl (C=O) groups excluding carboxylic acids is 1. The van der Waals surface area contributed by atoms with Crippen LogP contribution in [0.1, 0.15) is 33.2 Å². The van der Waals surface area contributed by atoms with Crippen molar-refractivity contribution in [2.45, 2.75) is 13.8 Å². The van der Waals surface area contributed by atoms with E-state index in [0.717, 1.165) is 0 Å². The Hall–Kier alpha value is -3.42. The third-order valence-electron chi connectivity index (χ3n) is 3.69. The minimum Gasteiger partial charge on any atom is -0.478 e. The van der Waals surface area contributed by atoms with Gasteiger partial charge in [0.15, 0.2) is 5.82 Å². The molecule has 8 nitrogen and oxygen atoms in total. The van der Waals surface area contributed by atoms with Gasteiger partial charge in [0.05, 0.1) is 17.7 Å². The van der Waals surface area contributed by atoms with E-state index < -0.39 is 11.9 Å². The quantitative estimate of drug-likeness (QED) is 0.688. The molecule has 1 aromatic carbocycles. The largest absolute Gasteiger partial charge is 0.478 e. The summed E-state index contributed by atoms with van der Waals surface area (Å²) in [6.07, 6.45) is 2.94. The van der Waals surface area contributed by atoms with Crippen LogP contribution in [0.2, 0.25) is 0 Å². The molecule has 0 aliphatic carbocycles. The number of benzene rings is 1. The van der Waals surface area contributed by atoms with Gasteiger partial charge in [-0.25, -0.2) is 19.1 Å². The van der Waals surface area contributed by atoms with Gasteiger partial charge in [-0.2, -0.15) is 5.10 Å². The first-order valence-electron chi connectivity index (χ1n) is 7.61. The summed E-state index contributed by atoms with van der Waals surface area (Å²) < 4.78 is 6.59. The Kier molecular flexibility index (Phi) is 4.34. The average molecular weight is 340 g/mol. The number of aromatic nitrogens is 3. The first-order chi connectivity index (χ1) is 12.0. The first-order valence-corrected chi connectivity index (χ1v) is 7.61. The lowest BCUT2D eigenvalue weighted by atomic mass is 10.2. The Bertz CT molecular complexity index is 964. The van der Waals surface area contributed by atoms with Gasteiger partial charge in [-0.3, -0.25) is 0 Å². The number of carboxylic acid groups (broad SMARTS) is 1. The molecule has 3 aromatic rings. The van der Waals surface area contributed by atoms with Crippen LogP contribution in [0, 0.1) is 6.92 Å². The summed E-state index contributed by atoms with van der Waals surface area (Å²) >= 11 is 0. The van der Waals surface area contributed by atoms with Gasteiger partial charge < -0.3 is 15.2 Å². The number of hydrogen-bond donors (Lipinski definition) is 2. The first kappa shape index (κ1) is 16.4. The minimum atomic E-state index is -1.01. The molecular weight excluding hydrogens is 324 g/mol. The van der Waals surface area contributed by atoms with Crippen molar-refractivity contribution in [2.75, 3.05) is 11.9 Å². The zero-order chi connectivity index (χ0) is 18.0. The number of anilines is 2. The van der Waals surface area contributed by atoms with Crippen LogP contribution in [0.25, 0.3) is 5.52 Å². The Morgan fingerprint density at radius 3 is 2.88 bits per heavy atom. The highest BCUT2D eigenvalue weighted by atomic mass is 16.5. The molecule has 0 amide bonds. The summed E-state index contributed by atoms with van der Waals surface area (Å²) in [6, 6.07) is 6.38. The molecule has 0 saturated carbocycles. The standard InChI is InChI=1S/C17H16N4O4/c1-3-25-17(24)13-8-21-14(10(13)2)15(18-9-19-21)20-12-6-4-5-11(7-12)16(22)23/h4-9H,3H2,1-2H3,(H,22,23)(H,18,19,20). The Balaban J connectivity index is 2.04. The Morgan fingerprint density at radius 2 is 2.16 bits per heavy atom. The highest BCUT2D eigenvalue weighted by molar-refractivity contribution is 5.95. The van der Waals surface area contributed by atoms with Gasteiger partial charge in [0.1, 0.15) is 11.8 Å². The minimum absolute atomic E-state index is 0.161. The fourth-order valence-electron chi connectivity index (χ4n) is 2.53. The van der Waals surface area contributed by atoms with Gasteiger partial charge in [-0.05, 0) is 37.6 Å². The normalized spacial score (nSPS) is 10.6. The van der Waals surface area contributed by atoms with Crippen LogP contribution in [-0.4, -0.2) is 38.3 Å². The van der Waals surface area contributed by atoms with E-state index in [1.54, 1.807) is 32.2 Å². The van der Waals surface area contributed by atoms with Crippen molar-refractivity contribution in [1.29, 1.82) is 0 Å². The van der Waals surface area contributed by atoms with Crippen LogP contribution < -0.4 is 5.32 Å². The molecule has 0 radical (unpaired) electrons. The summed E-state index contributed by atoms with van der Waals surface area (Å²) in [5.74, 6) is -0.977. The fraction of sp³-hybridized carbons (Fsp3) is 0.176. The van der Waals surface area contributed by atoms with Crippen molar-refractivity contribution in [3.63, 3.8) is 0 Å². The van der Waals surface area contributed by atoms with Crippen molar-refractivity contribution in [2.24, 2.45) is 0 Å². The van der Waals surface area contributed by atoms with Crippen LogP contribution in [0.5, 0.6) is 0 Å². The van der Waals surface area contributed by atoms with Crippen molar-refractivity contribution >= 4 is 29.0 Å². The van der Waals surface area contributed by atoms with Gasteiger partial charge in [0, 0.05) is 11.9 Å². The van der Waals surface area contributed by atoms with Gasteiger partial charge in [0.2, 0.25) is 0 Å². The van der Waals surface area contributed by atoms with E-state index in [1.807, 2.05) is 0 Å². The molecular formula is C17H16N4O4. The molecule has 0 saturated heterocycles. The molecule has 2 aromatic heterocycles. The van der Waals surface area contributed by atoms with Crippen molar-refractivity contribution in [3.05, 3.63) is 53.5 Å². The lowest BCUT2D eigenvalue weighted by molar-refractivity contribution is 0.0525. The number of esters is 1. The van der Waals surface area contributed by atoms with E-state index in [2.05, 4.69) is 15.4 Å². The topological polar surface area (TPSA) is 106 Å². The highest BCUT2D eigenvalue weighted by Gasteiger charge is 2.18. The van der Waals surface area contributed by atoms with Crippen LogP contribution in [-0.2, 0) is 4.74 Å². The van der Waals surface area contributed by atoms with E-state index >= 15 is 0 Å². The number of rotatable bonds is 5. The number of carboxylic acids is 1. The van der Waals surface area contributed by atoms with Gasteiger partial charge in [-0.15, -0.1) is 0 Å². The second-order valence-corrected chi connectivity index (χ2v) is 5.30. The number of nitrogens with zero attached hydrogens (tertiary/aromatic N) is 3. The van der Waals surface area contributed by atoms with Crippen molar-refractivity contribution < 1.29 is 19.4 Å². The number of nitrogens with one attached hydrogen (secondary N) is 1. The van der Waals surface area contributed by atoms with Crippen molar-refractivity contribution in [3.8, 4) is 0 Å². The van der Waals surface area contributed by atoms with Gasteiger partial charge >= 0.3 is 11.9 Å². The maximum atomic E-state index is 12.1. The van der Waals surface area contributed by atoms with Crippen LogP contribution >= 0.6 is 0 Å². The van der Waals surface area contributed by atoms with E-state index in [9.17, 15) is 9.59 Å². The lowest BCUT2D eigenvalue weighted by Crippen LogP contribution is -2.04. The van der Waals surface area contributed by atoms with Crippen molar-refractivity contribution in [1.82, 2.24) is 14.6 Å². The third kappa shape index (κ3) is 3.14. The molecule has 0 fully saturated rings. The molecule has 25 heavy (non-hydrogen) atoms. The number of carbonyl (C=O) groups is 2. The molecule has 128 valence electrons. The van der Waals surface area contributed by atoms with E-state index in [-0.39, 0.29) is 12.2 Å². The average Bonchev–Trinajstić information content (AvgIpc) is 2.93. The zero-order valence-electron chi connectivity index (χ0n) is 13.7. The number of hydrogen-bond acceptors (Lipinski definition) is 6. The molecule has 2 N–H and O–H groups in total. The van der Waals surface area contributed by atoms with E-state index in [4.69, 9.17) is 9.84 Å². The van der Waals surface area contributed by atoms with Crippen LogP contribution in [0.15, 0.2) is 36.8 Å². The number of aromatic carboxylic acids is 1. The molecule has 0 unspecified atom stereocenters. The maximum Gasteiger partial charge on any atom is 0.340 e. The smallest absolute Gasteiger partial charge is 0.340 e. The maximum absolute atomic E-state index is 12.1. The third-order valence-corrected chi connectivity index (χ3v) is 3.69. The number of fused-ring (bicyclic) bond motifs is 1. The predicted octanol–water partition coefficient (Wildman–Crippen LogP) is 2.66. The molecule has 0 aliphatic heterocycles. The Morgan fingerprint density at radius 1 is 1.36 bits per heavy atom. The summed E-state index contributed by atoms with van der Waals surface area (Å²) in [5.41, 5.74) is 2.43. The molecule has 3 rings (SSSR count). The monoisotopic (exact) mass is 340 g/mol. The van der Waals surface area contributed by atoms with E-state index in [1.165, 1.54) is 23.0 Å². The fourth-order valence-corrected chi connectivity index (χ4v) is 2.53. The summed E-state index contributed by atoms with van der Waals surface area (Å²) in [5, 5.41) is 16.3. The predicted molar refractivity (Wildman–Crippen MR) is 90.4 cm³/mol. The molecule has 0 bridgehead atoms. The summed E-state index contributed by atoms with van der Waals surface area (Å²) in [7, 11) is 0. The summed E-state index contributed by atoms with van der Waals surface area (Å²) in [4.78, 5) is 27.4. The molecule has 2 heterocycles. The highest BCUT2D eigenvalue weighted by Crippen LogP contribution is 2.26. The van der Waals surface area contributed by atoms with E-state index in [0.29, 0.717) is 28.1 Å². The molecule has 0 aliphatic rings. The molecule has 0 spiro atoms. The second-order valence-electron chi connectivity index (χ2n) is 5.30. The van der Waals surface area contributed by atoms with Crippen LogP contribution in [0.3, 0.4) is 0 Å². The van der Waals surface area contributed by atoms with Crippen LogP contribution in [0.4, 0.5) is 11.5 Å². The number of ether oxygens (including phenoxy) is 1. The van der Waals surface area contributed by atoms with Gasteiger partial charge in [-0.1, -0.05) is 6.07 Å². The molecule has 8 heteroatoms. The zero-order valence-corrected chi connectivity index (χ0v) is 13.7. The van der Waals surface area contributed by atoms with Gasteiger partial charge in [0.25, 0.3) is 0 Å². The Labute approximate surface area is 143 Å². The SMILES string of the molecule is CCOC(=O)c1cn2ncnc(Nc3cccc(C(=O)O)c3)c2c1C. The summed E-state index contributed by atoms with van der Waals surface area (Å²) in [6.45, 7) is 3.80. The number of aryl methyl sites for hydroxylation is 1. The second kappa shape index (κ2) is 6.60. The molecule has 0 atom stereocenters. The lowest BCUT2D eigenvalue weighted by Gasteiger charge is -2.08.